The van der Waals surface area contributed by atoms with Crippen molar-refractivity contribution in [1.82, 2.24) is 0 Å². The number of hydrogen-bond acceptors (Lipinski definition) is 4. The van der Waals surface area contributed by atoms with Crippen molar-refractivity contribution in [2.45, 2.75) is 6.42 Å². The first-order chi connectivity index (χ1) is 9.13. The molecule has 1 aliphatic rings. The molecule has 0 aromatic heterocycles. The second-order valence-corrected chi connectivity index (χ2v) is 4.07. The first-order valence-electron chi connectivity index (χ1n) is 5.72. The van der Waals surface area contributed by atoms with Crippen molar-refractivity contribution >= 4 is 17.1 Å². The maximum atomic E-state index is 10.2. The van der Waals surface area contributed by atoms with Crippen LogP contribution in [0.3, 0.4) is 0 Å². The molecule has 5 N–H and O–H groups in total. The first kappa shape index (κ1) is 13.1. The third kappa shape index (κ3) is 2.75. The monoisotopic (exact) mass is 264 g/mol. The van der Waals surface area contributed by atoms with Gasteiger partial charge in [0.1, 0.15) is 5.76 Å². The second-order valence-electron chi connectivity index (χ2n) is 4.07. The lowest BCUT2D eigenvalue weighted by Crippen LogP contribution is -2.76. The van der Waals surface area contributed by atoms with Gasteiger partial charge in [0, 0.05) is 16.9 Å². The predicted octanol–water partition coefficient (Wildman–Crippen LogP) is 1.02. The molecule has 0 aliphatic heterocycles. The van der Waals surface area contributed by atoms with Gasteiger partial charge < -0.3 is 10.2 Å². The summed E-state index contributed by atoms with van der Waals surface area (Å²) in [6, 6.07) is 4.81. The topological polar surface area (TPSA) is 89.5 Å². The van der Waals surface area contributed by atoms with E-state index in [2.05, 4.69) is 0 Å². The number of phenolic OH excluding ortho intramolecular Hbond substituents is 1. The average Bonchev–Trinajstić information content (AvgIpc) is 2.39. The molecule has 6 nitrogen and oxygen atoms in total. The Balaban J connectivity index is 2.49. The van der Waals surface area contributed by atoms with Crippen LogP contribution < -0.4 is 5.48 Å². The lowest BCUT2D eigenvalue weighted by Gasteiger charge is -2.05. The number of nitrogens with zero attached hydrogens (tertiary/aromatic N) is 1. The van der Waals surface area contributed by atoms with Gasteiger partial charge in [-0.3, -0.25) is 5.21 Å². The van der Waals surface area contributed by atoms with Crippen LogP contribution in [-0.4, -0.2) is 33.0 Å². The molecule has 0 atom stereocenters. The van der Waals surface area contributed by atoms with Crippen molar-refractivity contribution in [3.8, 4) is 5.75 Å². The third-order valence-corrected chi connectivity index (χ3v) is 2.71. The molecule has 1 aromatic carbocycles. The minimum atomic E-state index is -0.0803. The summed E-state index contributed by atoms with van der Waals surface area (Å²) in [6.45, 7) is 0. The van der Waals surface area contributed by atoms with E-state index in [9.17, 15) is 15.4 Å². The van der Waals surface area contributed by atoms with Gasteiger partial charge >= 0.3 is 5.69 Å². The molecule has 2 rings (SSSR count). The van der Waals surface area contributed by atoms with Gasteiger partial charge in [0.25, 0.3) is 0 Å². The van der Waals surface area contributed by atoms with Crippen molar-refractivity contribution in [3.63, 3.8) is 0 Å². The number of quaternary nitrogens is 1. The molecule has 1 aliphatic carbocycles. The number of rotatable bonds is 3. The molecule has 6 heteroatoms. The summed E-state index contributed by atoms with van der Waals surface area (Å²) >= 11 is 0. The van der Waals surface area contributed by atoms with E-state index in [1.807, 2.05) is 0 Å². The van der Waals surface area contributed by atoms with Gasteiger partial charge in [-0.15, -0.1) is 0 Å². The molecule has 0 fully saturated rings. The number of aromatic hydroxyl groups is 1. The van der Waals surface area contributed by atoms with E-state index in [-0.39, 0.29) is 23.6 Å². The zero-order valence-corrected chi connectivity index (χ0v) is 10.4. The largest absolute Gasteiger partial charge is 0.512 e. The maximum absolute atomic E-state index is 10.2. The zero-order chi connectivity index (χ0) is 13.8. The molecule has 0 saturated heterocycles. The Morgan fingerprint density at radius 1 is 1.32 bits per heavy atom. The highest BCUT2D eigenvalue weighted by molar-refractivity contribution is 5.94. The quantitative estimate of drug-likeness (QED) is 0.284. The number of aliphatic hydroxyl groups is 1. The highest BCUT2D eigenvalue weighted by Gasteiger charge is 2.28. The van der Waals surface area contributed by atoms with Crippen LogP contribution in [0.2, 0.25) is 0 Å². The second kappa shape index (κ2) is 5.55. The van der Waals surface area contributed by atoms with E-state index in [0.717, 1.165) is 4.74 Å². The summed E-state index contributed by atoms with van der Waals surface area (Å²) < 4.78 is 0.847. The average molecular weight is 264 g/mol. The van der Waals surface area contributed by atoms with Crippen LogP contribution in [0.15, 0.2) is 42.2 Å². The van der Waals surface area contributed by atoms with Gasteiger partial charge in [-0.05, 0) is 12.1 Å². The van der Waals surface area contributed by atoms with Crippen molar-refractivity contribution in [3.05, 3.63) is 42.2 Å². The molecule has 0 saturated carbocycles. The van der Waals surface area contributed by atoms with Crippen molar-refractivity contribution in [2.75, 3.05) is 7.11 Å². The normalized spacial score (nSPS) is 17.2. The van der Waals surface area contributed by atoms with E-state index in [4.69, 9.17) is 4.84 Å². The van der Waals surface area contributed by atoms with Gasteiger partial charge in [-0.1, -0.05) is 12.1 Å². The molecule has 0 unspecified atom stereocenters. The van der Waals surface area contributed by atoms with Crippen LogP contribution in [0.1, 0.15) is 6.42 Å². The molecular formula is C13H16N2O4+2. The minimum absolute atomic E-state index is 0.0803. The van der Waals surface area contributed by atoms with E-state index in [1.54, 1.807) is 30.4 Å². The van der Waals surface area contributed by atoms with Gasteiger partial charge in [-0.2, -0.15) is 5.48 Å². The minimum Gasteiger partial charge on any atom is -0.512 e. The van der Waals surface area contributed by atoms with Gasteiger partial charge in [0.05, 0.1) is 13.5 Å². The van der Waals surface area contributed by atoms with Gasteiger partial charge in [0.2, 0.25) is 11.4 Å². The highest BCUT2D eigenvalue weighted by Crippen LogP contribution is 2.31. The Labute approximate surface area is 110 Å². The summed E-state index contributed by atoms with van der Waals surface area (Å²) in [5.74, 6) is 0.0625. The summed E-state index contributed by atoms with van der Waals surface area (Å²) in [5.41, 5.74) is 2.60. The van der Waals surface area contributed by atoms with Crippen LogP contribution in [0.5, 0.6) is 5.75 Å². The molecule has 1 aromatic rings. The number of benzene rings is 1. The van der Waals surface area contributed by atoms with Crippen LogP contribution in [0.4, 0.5) is 11.4 Å². The Morgan fingerprint density at radius 3 is 2.79 bits per heavy atom. The molecular weight excluding hydrogens is 248 g/mol. The van der Waals surface area contributed by atoms with E-state index >= 15 is 0 Å². The number of para-hydroxylation sites is 1. The van der Waals surface area contributed by atoms with Crippen LogP contribution in [-0.2, 0) is 4.84 Å². The lowest BCUT2D eigenvalue weighted by molar-refractivity contribution is -0.834. The maximum Gasteiger partial charge on any atom is 0.361 e. The van der Waals surface area contributed by atoms with Gasteiger partial charge in [0.15, 0.2) is 5.75 Å². The van der Waals surface area contributed by atoms with Crippen LogP contribution in [0, 0.1) is 0 Å². The SMILES string of the molecule is CO[NH2+]c1cccc(O)c1/[N+](O)=C1/C=CC=C(O)C1. The van der Waals surface area contributed by atoms with Gasteiger partial charge in [-0.25, -0.2) is 4.84 Å². The smallest absolute Gasteiger partial charge is 0.361 e. The number of nitrogens with two attached hydrogens (primary N) is 1. The summed E-state index contributed by atoms with van der Waals surface area (Å²) in [7, 11) is 1.48. The molecule has 100 valence electrons. The zero-order valence-electron chi connectivity index (χ0n) is 10.4. The predicted molar refractivity (Wildman–Crippen MR) is 67.9 cm³/mol. The van der Waals surface area contributed by atoms with E-state index in [1.165, 1.54) is 18.7 Å². The summed E-state index contributed by atoms with van der Waals surface area (Å²) in [5, 5.41) is 29.6. The number of hydrogen-bond donors (Lipinski definition) is 4. The molecule has 0 bridgehead atoms. The van der Waals surface area contributed by atoms with Crippen molar-refractivity contribution < 1.29 is 30.5 Å². The standard InChI is InChI=1S/C13H14N2O4/c1-19-14-11-6-3-7-12(17)13(11)15(18)9-4-2-5-10(16)8-9/h2-7,14,17-18H,8H2,1H3/p+2. The molecule has 0 amide bonds. The van der Waals surface area contributed by atoms with E-state index in [0.29, 0.717) is 11.4 Å². The van der Waals surface area contributed by atoms with Crippen molar-refractivity contribution in [1.29, 1.82) is 0 Å². The lowest BCUT2D eigenvalue weighted by atomic mass is 10.1. The number of aliphatic hydroxyl groups excluding tert-OH is 1. The fourth-order valence-electron chi connectivity index (χ4n) is 1.86. The van der Waals surface area contributed by atoms with E-state index < -0.39 is 0 Å². The van der Waals surface area contributed by atoms with Crippen LogP contribution >= 0.6 is 0 Å². The molecule has 0 radical (unpaired) electrons. The van der Waals surface area contributed by atoms with Crippen LogP contribution in [0.25, 0.3) is 0 Å². The number of phenols is 1. The van der Waals surface area contributed by atoms with Crippen molar-refractivity contribution in [2.24, 2.45) is 0 Å². The molecule has 0 spiro atoms. The Bertz CT molecular complexity index is 576. The fraction of sp³-hybridized carbons (Fsp3) is 0.154. The molecule has 0 heterocycles. The summed E-state index contributed by atoms with van der Waals surface area (Å²) in [6.07, 6.45) is 5.01. The molecule has 19 heavy (non-hydrogen) atoms. The number of allylic oxidation sites excluding steroid dienone is 4. The highest BCUT2D eigenvalue weighted by atomic mass is 16.6. The Morgan fingerprint density at radius 2 is 2.11 bits per heavy atom. The Kier molecular flexibility index (Phi) is 3.84. The fourth-order valence-corrected chi connectivity index (χ4v) is 1.86. The first-order valence-corrected chi connectivity index (χ1v) is 5.72. The Hall–Kier alpha value is -2.31. The third-order valence-electron chi connectivity index (χ3n) is 2.71. The summed E-state index contributed by atoms with van der Waals surface area (Å²) in [4.78, 5) is 4.92.